The Hall–Kier alpha value is -2.74. The minimum absolute atomic E-state index is 0.104. The van der Waals surface area contributed by atoms with Crippen LogP contribution in [0.15, 0.2) is 30.5 Å². The Morgan fingerprint density at radius 3 is 2.48 bits per heavy atom. The number of aromatic nitrogens is 2. The summed E-state index contributed by atoms with van der Waals surface area (Å²) in [6, 6.07) is 8.19. The van der Waals surface area contributed by atoms with E-state index >= 15 is 0 Å². The maximum Gasteiger partial charge on any atom is 0.329 e. The zero-order valence-corrected chi connectivity index (χ0v) is 18.3. The van der Waals surface area contributed by atoms with E-state index in [4.69, 9.17) is 5.73 Å². The summed E-state index contributed by atoms with van der Waals surface area (Å²) in [5.41, 5.74) is 7.83. The van der Waals surface area contributed by atoms with Gasteiger partial charge in [0.05, 0.1) is 4.92 Å². The topological polar surface area (TPSA) is 119 Å². The molecular formula is C23H34N6O2. The minimum atomic E-state index is -0.442. The Balaban J connectivity index is 1.62. The summed E-state index contributed by atoms with van der Waals surface area (Å²) in [6.45, 7) is 3.61. The van der Waals surface area contributed by atoms with E-state index in [1.807, 2.05) is 12.1 Å². The van der Waals surface area contributed by atoms with E-state index in [9.17, 15) is 10.1 Å². The number of nitrogens with zero attached hydrogens (tertiary/aromatic N) is 3. The van der Waals surface area contributed by atoms with Crippen LogP contribution in [0.4, 0.5) is 23.1 Å². The molecule has 2 aromatic rings. The lowest BCUT2D eigenvalue weighted by Gasteiger charge is -2.27. The van der Waals surface area contributed by atoms with Crippen LogP contribution in [-0.2, 0) is 6.42 Å². The smallest absolute Gasteiger partial charge is 0.329 e. The third-order valence-electron chi connectivity index (χ3n) is 6.10. The average Bonchev–Trinajstić information content (AvgIpc) is 2.79. The van der Waals surface area contributed by atoms with Gasteiger partial charge in [-0.2, -0.15) is 4.98 Å². The van der Waals surface area contributed by atoms with Crippen molar-refractivity contribution in [2.75, 3.05) is 23.7 Å². The number of nitrogens with two attached hydrogens (primary N) is 1. The molecule has 8 nitrogen and oxygen atoms in total. The number of aryl methyl sites for hydroxylation is 1. The monoisotopic (exact) mass is 426 g/mol. The van der Waals surface area contributed by atoms with Crippen molar-refractivity contribution in [2.24, 2.45) is 17.6 Å². The van der Waals surface area contributed by atoms with Crippen LogP contribution < -0.4 is 16.4 Å². The van der Waals surface area contributed by atoms with Gasteiger partial charge in [0.25, 0.3) is 0 Å². The third-order valence-corrected chi connectivity index (χ3v) is 6.10. The largest absolute Gasteiger partial charge is 0.364 e. The molecule has 3 rings (SSSR count). The fraction of sp³-hybridized carbons (Fsp3) is 0.565. The Labute approximate surface area is 184 Å². The molecule has 0 bridgehead atoms. The van der Waals surface area contributed by atoms with Gasteiger partial charge in [0, 0.05) is 12.2 Å². The first-order valence-corrected chi connectivity index (χ1v) is 11.4. The number of unbranched alkanes of at least 4 members (excludes halogenated alkanes) is 2. The molecule has 4 N–H and O–H groups in total. The van der Waals surface area contributed by atoms with Crippen molar-refractivity contribution in [3.8, 4) is 0 Å². The molecular weight excluding hydrogens is 392 g/mol. The minimum Gasteiger partial charge on any atom is -0.364 e. The zero-order chi connectivity index (χ0) is 22.1. The van der Waals surface area contributed by atoms with E-state index in [2.05, 4.69) is 39.7 Å². The molecule has 8 heteroatoms. The highest BCUT2D eigenvalue weighted by atomic mass is 16.6. The molecule has 1 aromatic carbocycles. The Morgan fingerprint density at radius 1 is 1.13 bits per heavy atom. The molecule has 168 valence electrons. The molecule has 1 aromatic heterocycles. The summed E-state index contributed by atoms with van der Waals surface area (Å²) in [4.78, 5) is 19.5. The molecule has 0 aliphatic heterocycles. The van der Waals surface area contributed by atoms with Crippen LogP contribution in [-0.4, -0.2) is 28.0 Å². The molecule has 0 amide bonds. The third kappa shape index (κ3) is 6.89. The Kier molecular flexibility index (Phi) is 8.58. The van der Waals surface area contributed by atoms with Crippen molar-refractivity contribution >= 4 is 23.1 Å². The summed E-state index contributed by atoms with van der Waals surface area (Å²) in [5.74, 6) is 1.70. The van der Waals surface area contributed by atoms with E-state index in [1.165, 1.54) is 31.0 Å². The predicted octanol–water partition coefficient (Wildman–Crippen LogP) is 5.04. The van der Waals surface area contributed by atoms with E-state index in [-0.39, 0.29) is 11.5 Å². The van der Waals surface area contributed by atoms with Crippen molar-refractivity contribution in [3.05, 3.63) is 46.1 Å². The number of benzene rings is 1. The van der Waals surface area contributed by atoms with Gasteiger partial charge in [0.1, 0.15) is 6.20 Å². The van der Waals surface area contributed by atoms with Crippen LogP contribution in [0.25, 0.3) is 0 Å². The van der Waals surface area contributed by atoms with Crippen molar-refractivity contribution in [2.45, 2.75) is 58.3 Å². The number of hydrogen-bond donors (Lipinski definition) is 3. The van der Waals surface area contributed by atoms with Crippen molar-refractivity contribution in [1.29, 1.82) is 0 Å². The standard InChI is InChI=1S/C23H34N6O2/c1-2-3-4-5-17-10-12-20(13-11-17)27-23-26-16-21(29(30)31)22(28-23)25-15-19-8-6-18(14-24)7-9-19/h10-13,16,18-19H,2-9,14-15,24H2,1H3,(H2,25,26,27,28). The summed E-state index contributed by atoms with van der Waals surface area (Å²) < 4.78 is 0. The number of nitrogens with one attached hydrogen (secondary N) is 2. The zero-order valence-electron chi connectivity index (χ0n) is 18.3. The molecule has 1 fully saturated rings. The van der Waals surface area contributed by atoms with E-state index in [0.29, 0.717) is 24.3 Å². The number of nitro groups is 1. The second-order valence-electron chi connectivity index (χ2n) is 8.47. The normalized spacial score (nSPS) is 18.5. The lowest BCUT2D eigenvalue weighted by atomic mass is 9.82. The van der Waals surface area contributed by atoms with E-state index in [0.717, 1.165) is 44.3 Å². The molecule has 1 saturated carbocycles. The van der Waals surface area contributed by atoms with Crippen LogP contribution >= 0.6 is 0 Å². The van der Waals surface area contributed by atoms with Crippen molar-refractivity contribution in [3.63, 3.8) is 0 Å². The highest BCUT2D eigenvalue weighted by Crippen LogP contribution is 2.30. The van der Waals surface area contributed by atoms with Gasteiger partial charge in [0.2, 0.25) is 11.8 Å². The van der Waals surface area contributed by atoms with Gasteiger partial charge in [0.15, 0.2) is 0 Å². The van der Waals surface area contributed by atoms with Gasteiger partial charge >= 0.3 is 5.69 Å². The molecule has 0 saturated heterocycles. The van der Waals surface area contributed by atoms with Crippen molar-refractivity contribution < 1.29 is 4.92 Å². The first-order chi connectivity index (χ1) is 15.1. The molecule has 0 atom stereocenters. The first kappa shape index (κ1) is 22.9. The molecule has 1 aliphatic rings. The van der Waals surface area contributed by atoms with Gasteiger partial charge in [-0.15, -0.1) is 0 Å². The van der Waals surface area contributed by atoms with Crippen LogP contribution in [0.5, 0.6) is 0 Å². The molecule has 1 aliphatic carbocycles. The van der Waals surface area contributed by atoms with Gasteiger partial charge < -0.3 is 16.4 Å². The molecule has 31 heavy (non-hydrogen) atoms. The first-order valence-electron chi connectivity index (χ1n) is 11.4. The Morgan fingerprint density at radius 2 is 1.84 bits per heavy atom. The highest BCUT2D eigenvalue weighted by Gasteiger charge is 2.22. The maximum absolute atomic E-state index is 11.4. The summed E-state index contributed by atoms with van der Waals surface area (Å²) in [5, 5.41) is 17.8. The second kappa shape index (κ2) is 11.6. The quantitative estimate of drug-likeness (QED) is 0.262. The lowest BCUT2D eigenvalue weighted by Crippen LogP contribution is -2.25. The van der Waals surface area contributed by atoms with E-state index < -0.39 is 4.92 Å². The van der Waals surface area contributed by atoms with Gasteiger partial charge in [-0.25, -0.2) is 4.98 Å². The van der Waals surface area contributed by atoms with Crippen LogP contribution in [0, 0.1) is 22.0 Å². The van der Waals surface area contributed by atoms with Crippen molar-refractivity contribution in [1.82, 2.24) is 9.97 Å². The maximum atomic E-state index is 11.4. The summed E-state index contributed by atoms with van der Waals surface area (Å²) in [7, 11) is 0. The molecule has 0 radical (unpaired) electrons. The van der Waals surface area contributed by atoms with Gasteiger partial charge in [-0.3, -0.25) is 10.1 Å². The lowest BCUT2D eigenvalue weighted by molar-refractivity contribution is -0.384. The number of hydrogen-bond acceptors (Lipinski definition) is 7. The Bertz CT molecular complexity index is 834. The second-order valence-corrected chi connectivity index (χ2v) is 8.47. The fourth-order valence-electron chi connectivity index (χ4n) is 4.07. The van der Waals surface area contributed by atoms with Crippen LogP contribution in [0.3, 0.4) is 0 Å². The number of rotatable bonds is 11. The summed E-state index contributed by atoms with van der Waals surface area (Å²) in [6.07, 6.45) is 10.4. The predicted molar refractivity (Wildman–Crippen MR) is 125 cm³/mol. The molecule has 1 heterocycles. The van der Waals surface area contributed by atoms with Gasteiger partial charge in [-0.1, -0.05) is 31.9 Å². The van der Waals surface area contributed by atoms with E-state index in [1.54, 1.807) is 0 Å². The number of anilines is 3. The van der Waals surface area contributed by atoms with Crippen LogP contribution in [0.1, 0.15) is 57.4 Å². The fourth-order valence-corrected chi connectivity index (χ4v) is 4.07. The SMILES string of the molecule is CCCCCc1ccc(Nc2ncc([N+](=O)[O-])c(NCC3CCC(CN)CC3)n2)cc1. The van der Waals surface area contributed by atoms with Crippen LogP contribution in [0.2, 0.25) is 0 Å². The average molecular weight is 427 g/mol. The highest BCUT2D eigenvalue weighted by molar-refractivity contribution is 5.60. The van der Waals surface area contributed by atoms with Gasteiger partial charge in [-0.05, 0) is 74.6 Å². The molecule has 0 spiro atoms. The summed E-state index contributed by atoms with van der Waals surface area (Å²) >= 11 is 0. The molecule has 0 unspecified atom stereocenters.